The van der Waals surface area contributed by atoms with Crippen LogP contribution in [0.15, 0.2) is 29.2 Å². The summed E-state index contributed by atoms with van der Waals surface area (Å²) in [6.45, 7) is 1.85. The lowest BCUT2D eigenvalue weighted by atomic mass is 10.2. The number of hydrogen-bond acceptors (Lipinski definition) is 2. The fourth-order valence-corrected chi connectivity index (χ4v) is 2.94. The molecule has 0 atom stereocenters. The van der Waals surface area contributed by atoms with E-state index >= 15 is 0 Å². The minimum Gasteiger partial charge on any atom is -0.245 e. The van der Waals surface area contributed by atoms with Gasteiger partial charge in [-0.05, 0) is 19.1 Å². The van der Waals surface area contributed by atoms with Crippen LogP contribution in [0.3, 0.4) is 0 Å². The van der Waals surface area contributed by atoms with Gasteiger partial charge >= 0.3 is 0 Å². The Hall–Kier alpha value is -0.940. The van der Waals surface area contributed by atoms with Gasteiger partial charge in [0.1, 0.15) is 6.17 Å². The summed E-state index contributed by atoms with van der Waals surface area (Å²) in [5.41, 5.74) is 1.00. The molecule has 0 aromatic heterocycles. The predicted molar refractivity (Wildman–Crippen MR) is 54.8 cm³/mol. The summed E-state index contributed by atoms with van der Waals surface area (Å²) >= 11 is 0. The lowest BCUT2D eigenvalue weighted by Crippen LogP contribution is -2.51. The zero-order chi connectivity index (χ0) is 11.1. The molecular formula is C10H12FNO2S. The maximum Gasteiger partial charge on any atom is 0.243 e. The van der Waals surface area contributed by atoms with Crippen LogP contribution in [0.2, 0.25) is 0 Å². The van der Waals surface area contributed by atoms with Gasteiger partial charge in [0.15, 0.2) is 0 Å². The highest BCUT2D eigenvalue weighted by atomic mass is 32.2. The van der Waals surface area contributed by atoms with Gasteiger partial charge in [-0.1, -0.05) is 17.7 Å². The summed E-state index contributed by atoms with van der Waals surface area (Å²) < 4.78 is 37.4. The van der Waals surface area contributed by atoms with Crippen LogP contribution >= 0.6 is 0 Å². The van der Waals surface area contributed by atoms with E-state index in [1.807, 2.05) is 6.92 Å². The fourth-order valence-electron chi connectivity index (χ4n) is 1.44. The molecule has 0 unspecified atom stereocenters. The van der Waals surface area contributed by atoms with Crippen molar-refractivity contribution in [1.29, 1.82) is 0 Å². The molecule has 1 aliphatic heterocycles. The molecule has 0 bridgehead atoms. The number of halogens is 1. The van der Waals surface area contributed by atoms with Crippen LogP contribution in [-0.2, 0) is 10.0 Å². The Kier molecular flexibility index (Phi) is 2.52. The summed E-state index contributed by atoms with van der Waals surface area (Å²) in [5, 5.41) is 0. The summed E-state index contributed by atoms with van der Waals surface area (Å²) in [6.07, 6.45) is -1.01. The monoisotopic (exact) mass is 229 g/mol. The van der Waals surface area contributed by atoms with Gasteiger partial charge in [-0.15, -0.1) is 0 Å². The van der Waals surface area contributed by atoms with Crippen LogP contribution in [0.4, 0.5) is 4.39 Å². The predicted octanol–water partition coefficient (Wildman–Crippen LogP) is 1.34. The SMILES string of the molecule is Cc1ccc(S(=O)(=O)N2CC(F)C2)cc1. The van der Waals surface area contributed by atoms with Crippen LogP contribution < -0.4 is 0 Å². The topological polar surface area (TPSA) is 37.4 Å². The average Bonchev–Trinajstić information content (AvgIpc) is 2.13. The maximum absolute atomic E-state index is 12.6. The van der Waals surface area contributed by atoms with Crippen LogP contribution in [0.25, 0.3) is 0 Å². The van der Waals surface area contributed by atoms with Gasteiger partial charge in [0, 0.05) is 13.1 Å². The summed E-state index contributed by atoms with van der Waals surface area (Å²) in [4.78, 5) is 0.236. The van der Waals surface area contributed by atoms with E-state index in [1.165, 1.54) is 0 Å². The van der Waals surface area contributed by atoms with Gasteiger partial charge in [-0.25, -0.2) is 12.8 Å². The third-order valence-electron chi connectivity index (χ3n) is 2.46. The third-order valence-corrected chi connectivity index (χ3v) is 4.31. The molecule has 1 saturated heterocycles. The van der Waals surface area contributed by atoms with Gasteiger partial charge in [0.2, 0.25) is 10.0 Å². The molecule has 1 aliphatic rings. The van der Waals surface area contributed by atoms with E-state index in [-0.39, 0.29) is 18.0 Å². The van der Waals surface area contributed by atoms with E-state index in [4.69, 9.17) is 0 Å². The largest absolute Gasteiger partial charge is 0.245 e. The second-order valence-electron chi connectivity index (χ2n) is 3.73. The van der Waals surface area contributed by atoms with E-state index in [0.29, 0.717) is 0 Å². The number of nitrogens with zero attached hydrogens (tertiary/aromatic N) is 1. The molecule has 5 heteroatoms. The quantitative estimate of drug-likeness (QED) is 0.767. The molecule has 1 aromatic rings. The highest BCUT2D eigenvalue weighted by Gasteiger charge is 2.36. The van der Waals surface area contributed by atoms with Crippen molar-refractivity contribution in [3.8, 4) is 0 Å². The number of rotatable bonds is 2. The first-order valence-corrected chi connectivity index (χ1v) is 6.15. The van der Waals surface area contributed by atoms with E-state index in [2.05, 4.69) is 0 Å². The first kappa shape index (κ1) is 10.6. The smallest absolute Gasteiger partial charge is 0.243 e. The number of benzene rings is 1. The molecule has 1 aromatic carbocycles. The highest BCUT2D eigenvalue weighted by Crippen LogP contribution is 2.22. The van der Waals surface area contributed by atoms with Crippen molar-refractivity contribution in [3.63, 3.8) is 0 Å². The van der Waals surface area contributed by atoms with Crippen molar-refractivity contribution in [2.45, 2.75) is 18.0 Å². The summed E-state index contributed by atoms with van der Waals surface area (Å²) in [7, 11) is -3.46. The number of sulfonamides is 1. The van der Waals surface area contributed by atoms with Gasteiger partial charge in [-0.2, -0.15) is 4.31 Å². The fraction of sp³-hybridized carbons (Fsp3) is 0.400. The Bertz CT molecular complexity index is 449. The number of aryl methyl sites for hydroxylation is 1. The van der Waals surface area contributed by atoms with E-state index in [1.54, 1.807) is 24.3 Å². The molecule has 0 saturated carbocycles. The molecule has 0 spiro atoms. The second-order valence-corrected chi connectivity index (χ2v) is 5.67. The second kappa shape index (κ2) is 3.57. The lowest BCUT2D eigenvalue weighted by Gasteiger charge is -2.33. The minimum absolute atomic E-state index is 0.0176. The molecule has 2 rings (SSSR count). The molecule has 1 heterocycles. The van der Waals surface area contributed by atoms with Gasteiger partial charge in [0.05, 0.1) is 4.90 Å². The lowest BCUT2D eigenvalue weighted by molar-refractivity contribution is 0.141. The molecule has 0 amide bonds. The molecule has 82 valence electrons. The standard InChI is InChI=1S/C10H12FNO2S/c1-8-2-4-10(5-3-8)15(13,14)12-6-9(11)7-12/h2-5,9H,6-7H2,1H3. The first-order chi connectivity index (χ1) is 7.00. The van der Waals surface area contributed by atoms with Gasteiger partial charge < -0.3 is 0 Å². The summed E-state index contributed by atoms with van der Waals surface area (Å²) in [6, 6.07) is 6.58. The Morgan fingerprint density at radius 3 is 2.27 bits per heavy atom. The van der Waals surface area contributed by atoms with Crippen molar-refractivity contribution in [3.05, 3.63) is 29.8 Å². The Balaban J connectivity index is 2.26. The molecule has 1 fully saturated rings. The van der Waals surface area contributed by atoms with Crippen molar-refractivity contribution in [2.24, 2.45) is 0 Å². The van der Waals surface area contributed by atoms with Crippen molar-refractivity contribution in [1.82, 2.24) is 4.31 Å². The average molecular weight is 229 g/mol. The van der Waals surface area contributed by atoms with E-state index in [9.17, 15) is 12.8 Å². The third kappa shape index (κ3) is 1.89. The maximum atomic E-state index is 12.6. The van der Waals surface area contributed by atoms with Crippen LogP contribution in [0.5, 0.6) is 0 Å². The van der Waals surface area contributed by atoms with Crippen molar-refractivity contribution < 1.29 is 12.8 Å². The van der Waals surface area contributed by atoms with E-state index in [0.717, 1.165) is 9.87 Å². The molecule has 0 N–H and O–H groups in total. The Morgan fingerprint density at radius 1 is 1.27 bits per heavy atom. The van der Waals surface area contributed by atoms with Crippen molar-refractivity contribution >= 4 is 10.0 Å². The Morgan fingerprint density at radius 2 is 1.80 bits per heavy atom. The minimum atomic E-state index is -3.46. The number of alkyl halides is 1. The van der Waals surface area contributed by atoms with Gasteiger partial charge in [-0.3, -0.25) is 0 Å². The van der Waals surface area contributed by atoms with Crippen LogP contribution in [0.1, 0.15) is 5.56 Å². The zero-order valence-electron chi connectivity index (χ0n) is 8.35. The molecule has 3 nitrogen and oxygen atoms in total. The molecule has 15 heavy (non-hydrogen) atoms. The molecule has 0 radical (unpaired) electrons. The first-order valence-electron chi connectivity index (χ1n) is 4.71. The normalized spacial score (nSPS) is 18.8. The zero-order valence-corrected chi connectivity index (χ0v) is 9.17. The van der Waals surface area contributed by atoms with Crippen LogP contribution in [0, 0.1) is 6.92 Å². The van der Waals surface area contributed by atoms with Gasteiger partial charge in [0.25, 0.3) is 0 Å². The number of hydrogen-bond donors (Lipinski definition) is 0. The Labute approximate surface area is 88.6 Å². The molecular weight excluding hydrogens is 217 g/mol. The van der Waals surface area contributed by atoms with Crippen molar-refractivity contribution in [2.75, 3.05) is 13.1 Å². The van der Waals surface area contributed by atoms with E-state index < -0.39 is 16.2 Å². The summed E-state index contributed by atoms with van der Waals surface area (Å²) in [5.74, 6) is 0. The molecule has 0 aliphatic carbocycles. The van der Waals surface area contributed by atoms with Crippen LogP contribution in [-0.4, -0.2) is 32.0 Å². The highest BCUT2D eigenvalue weighted by molar-refractivity contribution is 7.89.